The van der Waals surface area contributed by atoms with Gasteiger partial charge in [-0.2, -0.15) is 5.10 Å². The number of hydrogen-bond acceptors (Lipinski definition) is 3. The normalized spacial score (nSPS) is 11.1. The molecule has 0 aliphatic heterocycles. The monoisotopic (exact) mass is 275 g/mol. The quantitative estimate of drug-likeness (QED) is 0.571. The van der Waals surface area contributed by atoms with Gasteiger partial charge in [-0.15, -0.1) is 0 Å². The number of hydrazone groups is 1. The number of aryl methyl sites for hydroxylation is 2. The molecule has 21 heavy (non-hydrogen) atoms. The smallest absolute Gasteiger partial charge is 0.147 e. The van der Waals surface area contributed by atoms with Gasteiger partial charge in [-0.3, -0.25) is 5.43 Å². The Balaban J connectivity index is 1.88. The molecule has 1 aromatic heterocycles. The third kappa shape index (κ3) is 2.92. The van der Waals surface area contributed by atoms with Crippen LogP contribution in [0.2, 0.25) is 0 Å². The van der Waals surface area contributed by atoms with E-state index in [2.05, 4.69) is 47.6 Å². The van der Waals surface area contributed by atoms with Gasteiger partial charge in [0.05, 0.1) is 11.7 Å². The van der Waals surface area contributed by atoms with Crippen LogP contribution in [-0.2, 0) is 0 Å². The minimum absolute atomic E-state index is 0.765. The molecule has 0 radical (unpaired) electrons. The largest absolute Gasteiger partial charge is 0.261 e. The average molecular weight is 275 g/mol. The Morgan fingerprint density at radius 3 is 2.57 bits per heavy atom. The van der Waals surface area contributed by atoms with Crippen LogP contribution in [0.4, 0.5) is 5.82 Å². The maximum absolute atomic E-state index is 4.64. The van der Waals surface area contributed by atoms with E-state index in [1.54, 1.807) is 6.21 Å². The van der Waals surface area contributed by atoms with E-state index in [0.29, 0.717) is 0 Å². The number of para-hydroxylation sites is 1. The van der Waals surface area contributed by atoms with E-state index < -0.39 is 0 Å². The van der Waals surface area contributed by atoms with Crippen molar-refractivity contribution in [3.63, 3.8) is 0 Å². The van der Waals surface area contributed by atoms with Crippen molar-refractivity contribution >= 4 is 22.9 Å². The fourth-order valence-electron chi connectivity index (χ4n) is 2.33. The SMILES string of the molecule is Cc1cc(N/N=C/c2ccccc2)nc2c(C)cccc12. The van der Waals surface area contributed by atoms with E-state index in [1.165, 1.54) is 16.5 Å². The van der Waals surface area contributed by atoms with Crippen molar-refractivity contribution in [1.29, 1.82) is 0 Å². The second kappa shape index (κ2) is 5.75. The highest BCUT2D eigenvalue weighted by Crippen LogP contribution is 2.22. The molecule has 0 saturated heterocycles. The van der Waals surface area contributed by atoms with Crippen LogP contribution in [0.25, 0.3) is 10.9 Å². The molecule has 0 aliphatic rings. The molecule has 3 heteroatoms. The Labute approximate surface area is 124 Å². The van der Waals surface area contributed by atoms with Gasteiger partial charge in [-0.1, -0.05) is 48.5 Å². The van der Waals surface area contributed by atoms with Gasteiger partial charge in [0.2, 0.25) is 0 Å². The summed E-state index contributed by atoms with van der Waals surface area (Å²) in [6, 6.07) is 18.2. The van der Waals surface area contributed by atoms with Crippen LogP contribution < -0.4 is 5.43 Å². The zero-order valence-corrected chi connectivity index (χ0v) is 12.2. The summed E-state index contributed by atoms with van der Waals surface area (Å²) in [6.45, 7) is 4.17. The van der Waals surface area contributed by atoms with Gasteiger partial charge in [0.15, 0.2) is 0 Å². The molecule has 0 saturated carbocycles. The summed E-state index contributed by atoms with van der Waals surface area (Å²) in [5, 5.41) is 5.44. The number of rotatable bonds is 3. The van der Waals surface area contributed by atoms with Gasteiger partial charge in [0.25, 0.3) is 0 Å². The average Bonchev–Trinajstić information content (AvgIpc) is 2.50. The second-order valence-electron chi connectivity index (χ2n) is 5.08. The van der Waals surface area contributed by atoms with Crippen LogP contribution >= 0.6 is 0 Å². The first-order valence-corrected chi connectivity index (χ1v) is 6.95. The maximum atomic E-state index is 4.64. The van der Waals surface area contributed by atoms with Crippen molar-refractivity contribution in [2.45, 2.75) is 13.8 Å². The predicted molar refractivity (Wildman–Crippen MR) is 88.9 cm³/mol. The summed E-state index contributed by atoms with van der Waals surface area (Å²) < 4.78 is 0. The molecule has 0 amide bonds. The Hall–Kier alpha value is -2.68. The molecule has 0 aliphatic carbocycles. The van der Waals surface area contributed by atoms with Gasteiger partial charge in [0.1, 0.15) is 5.82 Å². The summed E-state index contributed by atoms with van der Waals surface area (Å²) in [5.74, 6) is 0.765. The molecule has 3 nitrogen and oxygen atoms in total. The molecular weight excluding hydrogens is 258 g/mol. The molecule has 2 aromatic carbocycles. The van der Waals surface area contributed by atoms with Crippen molar-refractivity contribution in [1.82, 2.24) is 4.98 Å². The number of aromatic nitrogens is 1. The fourth-order valence-corrected chi connectivity index (χ4v) is 2.33. The van der Waals surface area contributed by atoms with Crippen molar-refractivity contribution in [2.75, 3.05) is 5.43 Å². The molecule has 0 unspecified atom stereocenters. The first-order chi connectivity index (χ1) is 10.2. The van der Waals surface area contributed by atoms with Crippen molar-refractivity contribution < 1.29 is 0 Å². The summed E-state index contributed by atoms with van der Waals surface area (Å²) in [4.78, 5) is 4.64. The second-order valence-corrected chi connectivity index (χ2v) is 5.08. The highest BCUT2D eigenvalue weighted by molar-refractivity contribution is 5.86. The van der Waals surface area contributed by atoms with E-state index >= 15 is 0 Å². The number of pyridine rings is 1. The minimum atomic E-state index is 0.765. The van der Waals surface area contributed by atoms with E-state index in [4.69, 9.17) is 0 Å². The van der Waals surface area contributed by atoms with Gasteiger partial charge in [-0.25, -0.2) is 4.98 Å². The van der Waals surface area contributed by atoms with E-state index in [1.807, 2.05) is 36.4 Å². The lowest BCUT2D eigenvalue weighted by Crippen LogP contribution is -1.96. The van der Waals surface area contributed by atoms with Crippen LogP contribution in [-0.4, -0.2) is 11.2 Å². The van der Waals surface area contributed by atoms with Gasteiger partial charge in [-0.05, 0) is 36.6 Å². The van der Waals surface area contributed by atoms with Gasteiger partial charge in [0, 0.05) is 5.39 Å². The molecule has 1 N–H and O–H groups in total. The lowest BCUT2D eigenvalue weighted by Gasteiger charge is -2.07. The molecule has 3 aromatic rings. The lowest BCUT2D eigenvalue weighted by atomic mass is 10.1. The number of nitrogens with one attached hydrogen (secondary N) is 1. The molecule has 0 bridgehead atoms. The zero-order chi connectivity index (χ0) is 14.7. The van der Waals surface area contributed by atoms with Gasteiger partial charge < -0.3 is 0 Å². The number of benzene rings is 2. The predicted octanol–water partition coefficient (Wildman–Crippen LogP) is 4.30. The Kier molecular flexibility index (Phi) is 3.65. The van der Waals surface area contributed by atoms with E-state index in [0.717, 1.165) is 16.9 Å². The summed E-state index contributed by atoms with van der Waals surface area (Å²) in [6.07, 6.45) is 1.79. The Morgan fingerprint density at radius 1 is 0.952 bits per heavy atom. The molecular formula is C18H17N3. The standard InChI is InChI=1S/C18H17N3/c1-13-7-6-10-16-14(2)11-17(20-18(13)16)21-19-12-15-8-4-3-5-9-15/h3-12H,1-2H3,(H,20,21)/b19-12+. The number of hydrogen-bond donors (Lipinski definition) is 1. The van der Waals surface area contributed by atoms with Crippen molar-refractivity contribution in [3.05, 3.63) is 71.3 Å². The van der Waals surface area contributed by atoms with Gasteiger partial charge >= 0.3 is 0 Å². The van der Waals surface area contributed by atoms with Crippen LogP contribution in [0.3, 0.4) is 0 Å². The molecule has 0 spiro atoms. The maximum Gasteiger partial charge on any atom is 0.147 e. The van der Waals surface area contributed by atoms with E-state index in [-0.39, 0.29) is 0 Å². The molecule has 0 atom stereocenters. The highest BCUT2D eigenvalue weighted by atomic mass is 15.3. The first-order valence-electron chi connectivity index (χ1n) is 6.95. The third-order valence-corrected chi connectivity index (χ3v) is 3.44. The number of anilines is 1. The highest BCUT2D eigenvalue weighted by Gasteiger charge is 2.04. The Morgan fingerprint density at radius 2 is 1.76 bits per heavy atom. The van der Waals surface area contributed by atoms with Crippen LogP contribution in [0, 0.1) is 13.8 Å². The summed E-state index contributed by atoms with van der Waals surface area (Å²) in [5.41, 5.74) is 7.46. The lowest BCUT2D eigenvalue weighted by molar-refractivity contribution is 1.24. The zero-order valence-electron chi connectivity index (χ0n) is 12.2. The fraction of sp³-hybridized carbons (Fsp3) is 0.111. The first kappa shape index (κ1) is 13.3. The van der Waals surface area contributed by atoms with E-state index in [9.17, 15) is 0 Å². The molecule has 0 fully saturated rings. The van der Waals surface area contributed by atoms with Crippen LogP contribution in [0.5, 0.6) is 0 Å². The molecule has 104 valence electrons. The summed E-state index contributed by atoms with van der Waals surface area (Å²) >= 11 is 0. The number of nitrogens with zero attached hydrogens (tertiary/aromatic N) is 2. The van der Waals surface area contributed by atoms with Crippen LogP contribution in [0.1, 0.15) is 16.7 Å². The van der Waals surface area contributed by atoms with Crippen molar-refractivity contribution in [2.24, 2.45) is 5.10 Å². The third-order valence-electron chi connectivity index (χ3n) is 3.44. The molecule has 3 rings (SSSR count). The Bertz CT molecular complexity index is 792. The minimum Gasteiger partial charge on any atom is -0.261 e. The summed E-state index contributed by atoms with van der Waals surface area (Å²) in [7, 11) is 0. The van der Waals surface area contributed by atoms with Crippen LogP contribution in [0.15, 0.2) is 59.7 Å². The molecule has 1 heterocycles. The van der Waals surface area contributed by atoms with Crippen molar-refractivity contribution in [3.8, 4) is 0 Å². The number of fused-ring (bicyclic) bond motifs is 1. The topological polar surface area (TPSA) is 37.3 Å².